The average molecular weight is 390 g/mol. The topological polar surface area (TPSA) is 135 Å². The fourth-order valence-corrected chi connectivity index (χ4v) is 4.54. The number of piperidine rings is 1. The van der Waals surface area contributed by atoms with Crippen LogP contribution in [0.25, 0.3) is 0 Å². The summed E-state index contributed by atoms with van der Waals surface area (Å²) in [6, 6.07) is 1.79. The van der Waals surface area contributed by atoms with Crippen molar-refractivity contribution in [3.8, 4) is 0 Å². The number of nitrogens with two attached hydrogens (primary N) is 2. The van der Waals surface area contributed by atoms with E-state index in [0.717, 1.165) is 50.5 Å². The maximum Gasteiger partial charge on any atom is 0.313 e. The number of nitrogen functional groups attached to an aromatic ring is 1. The molecule has 0 radical (unpaired) electrons. The molecule has 1 saturated heterocycles. The molecule has 1 aliphatic heterocycles. The van der Waals surface area contributed by atoms with Crippen LogP contribution in [-0.4, -0.2) is 45.6 Å². The zero-order valence-electron chi connectivity index (χ0n) is 16.4. The Hall–Kier alpha value is -2.19. The van der Waals surface area contributed by atoms with Gasteiger partial charge in [0, 0.05) is 12.6 Å². The minimum absolute atomic E-state index is 0.0779. The van der Waals surface area contributed by atoms with Crippen molar-refractivity contribution in [2.24, 2.45) is 17.6 Å². The van der Waals surface area contributed by atoms with Gasteiger partial charge in [-0.05, 0) is 75.3 Å². The number of carbonyl (C=O) groups excluding carboxylic acids is 2. The molecule has 3 rings (SSSR count). The van der Waals surface area contributed by atoms with Crippen molar-refractivity contribution in [1.29, 1.82) is 0 Å². The summed E-state index contributed by atoms with van der Waals surface area (Å²) in [5.41, 5.74) is 12.5. The van der Waals surface area contributed by atoms with Crippen LogP contribution in [0.2, 0.25) is 0 Å². The molecule has 2 atom stereocenters. The van der Waals surface area contributed by atoms with Gasteiger partial charge in [-0.15, -0.1) is 0 Å². The lowest BCUT2D eigenvalue weighted by atomic mass is 9.75. The Kier molecular flexibility index (Phi) is 6.51. The molecule has 1 unspecified atom stereocenters. The summed E-state index contributed by atoms with van der Waals surface area (Å²) in [6.45, 7) is 2.41. The number of hydrogen-bond donors (Lipinski definition) is 4. The molecule has 2 amide bonds. The van der Waals surface area contributed by atoms with Gasteiger partial charge in [0.05, 0.1) is 11.9 Å². The SMILES string of the molecule is Cc1cc(NC(=O)C(=O)N2CCCC[C@H]2C2CCC(C(N)O)CC2)cnc1N. The van der Waals surface area contributed by atoms with E-state index in [0.29, 0.717) is 24.0 Å². The Morgan fingerprint density at radius 3 is 2.61 bits per heavy atom. The number of aryl methyl sites for hydroxylation is 1. The Morgan fingerprint density at radius 2 is 1.96 bits per heavy atom. The molecule has 6 N–H and O–H groups in total. The number of likely N-dealkylation sites (tertiary alicyclic amines) is 1. The molecule has 2 heterocycles. The number of anilines is 2. The molecule has 28 heavy (non-hydrogen) atoms. The lowest BCUT2D eigenvalue weighted by Gasteiger charge is -2.43. The molecule has 0 aromatic carbocycles. The monoisotopic (exact) mass is 389 g/mol. The number of aliphatic hydroxyl groups is 1. The highest BCUT2D eigenvalue weighted by molar-refractivity contribution is 6.39. The van der Waals surface area contributed by atoms with Gasteiger partial charge in [0.25, 0.3) is 0 Å². The largest absolute Gasteiger partial charge is 0.383 e. The molecule has 2 aliphatic rings. The molecule has 154 valence electrons. The molecule has 1 saturated carbocycles. The smallest absolute Gasteiger partial charge is 0.313 e. The van der Waals surface area contributed by atoms with E-state index in [1.165, 1.54) is 6.20 Å². The lowest BCUT2D eigenvalue weighted by molar-refractivity contribution is -0.147. The molecule has 0 spiro atoms. The van der Waals surface area contributed by atoms with Gasteiger partial charge in [0.2, 0.25) is 0 Å². The van der Waals surface area contributed by atoms with Gasteiger partial charge in [-0.25, -0.2) is 4.98 Å². The molecule has 1 aliphatic carbocycles. The standard InChI is InChI=1S/C20H31N5O3/c1-12-10-15(11-23-17(12)21)24-19(27)20(28)25-9-3-2-4-16(25)13-5-7-14(8-6-13)18(22)26/h10-11,13-14,16,18,26H,2-9,22H2,1H3,(H2,21,23)(H,24,27)/t13?,14?,16-,18?/m0/s1. The summed E-state index contributed by atoms with van der Waals surface area (Å²) >= 11 is 0. The summed E-state index contributed by atoms with van der Waals surface area (Å²) in [6.07, 6.45) is 7.17. The first-order chi connectivity index (χ1) is 13.4. The van der Waals surface area contributed by atoms with Crippen molar-refractivity contribution in [2.45, 2.75) is 64.1 Å². The summed E-state index contributed by atoms with van der Waals surface area (Å²) in [7, 11) is 0. The number of aromatic nitrogens is 1. The van der Waals surface area contributed by atoms with E-state index in [4.69, 9.17) is 11.5 Å². The van der Waals surface area contributed by atoms with Crippen molar-refractivity contribution in [3.63, 3.8) is 0 Å². The van der Waals surface area contributed by atoms with Gasteiger partial charge in [0.15, 0.2) is 0 Å². The van der Waals surface area contributed by atoms with Crippen molar-refractivity contribution in [3.05, 3.63) is 17.8 Å². The fourth-order valence-electron chi connectivity index (χ4n) is 4.54. The predicted octanol–water partition coefficient (Wildman–Crippen LogP) is 1.38. The highest BCUT2D eigenvalue weighted by Crippen LogP contribution is 2.36. The molecule has 8 nitrogen and oxygen atoms in total. The third kappa shape index (κ3) is 4.62. The minimum atomic E-state index is -0.771. The summed E-state index contributed by atoms with van der Waals surface area (Å²) in [4.78, 5) is 31.2. The lowest BCUT2D eigenvalue weighted by Crippen LogP contribution is -2.52. The van der Waals surface area contributed by atoms with Crippen LogP contribution in [-0.2, 0) is 9.59 Å². The summed E-state index contributed by atoms with van der Waals surface area (Å²) < 4.78 is 0. The zero-order valence-corrected chi connectivity index (χ0v) is 16.4. The molecular formula is C20H31N5O3. The zero-order chi connectivity index (χ0) is 20.3. The number of nitrogens with one attached hydrogen (secondary N) is 1. The van der Waals surface area contributed by atoms with Gasteiger partial charge < -0.3 is 26.8 Å². The molecule has 1 aromatic rings. The van der Waals surface area contributed by atoms with Gasteiger partial charge >= 0.3 is 11.8 Å². The number of hydrogen-bond acceptors (Lipinski definition) is 6. The first kappa shape index (κ1) is 20.5. The first-order valence-corrected chi connectivity index (χ1v) is 10.1. The van der Waals surface area contributed by atoms with Crippen LogP contribution < -0.4 is 16.8 Å². The van der Waals surface area contributed by atoms with Crippen LogP contribution >= 0.6 is 0 Å². The van der Waals surface area contributed by atoms with Crippen molar-refractivity contribution in [2.75, 3.05) is 17.6 Å². The minimum Gasteiger partial charge on any atom is -0.383 e. The van der Waals surface area contributed by atoms with E-state index < -0.39 is 18.0 Å². The van der Waals surface area contributed by atoms with Crippen LogP contribution in [0.3, 0.4) is 0 Å². The molecule has 0 bridgehead atoms. The Balaban J connectivity index is 1.64. The number of nitrogens with zero attached hydrogens (tertiary/aromatic N) is 2. The van der Waals surface area contributed by atoms with E-state index in [1.807, 2.05) is 0 Å². The van der Waals surface area contributed by atoms with Gasteiger partial charge in [0.1, 0.15) is 12.0 Å². The quantitative estimate of drug-likeness (QED) is 0.456. The predicted molar refractivity (Wildman–Crippen MR) is 107 cm³/mol. The second kappa shape index (κ2) is 8.87. The molecule has 1 aromatic heterocycles. The van der Waals surface area contributed by atoms with Gasteiger partial charge in [-0.2, -0.15) is 0 Å². The van der Waals surface area contributed by atoms with Crippen molar-refractivity contribution < 1.29 is 14.7 Å². The third-order valence-electron chi connectivity index (χ3n) is 6.22. The summed E-state index contributed by atoms with van der Waals surface area (Å²) in [5, 5.41) is 12.3. The van der Waals surface area contributed by atoms with Gasteiger partial charge in [-0.1, -0.05) is 0 Å². The summed E-state index contributed by atoms with van der Waals surface area (Å²) in [5.74, 6) is -0.233. The first-order valence-electron chi connectivity index (χ1n) is 10.1. The molecule has 8 heteroatoms. The van der Waals surface area contributed by atoms with Crippen LogP contribution in [0, 0.1) is 18.8 Å². The molecular weight excluding hydrogens is 358 g/mol. The fraction of sp³-hybridized carbons (Fsp3) is 0.650. The second-order valence-electron chi connectivity index (χ2n) is 8.11. The number of pyridine rings is 1. The average Bonchev–Trinajstić information content (AvgIpc) is 2.70. The maximum atomic E-state index is 12.9. The van der Waals surface area contributed by atoms with E-state index in [-0.39, 0.29) is 12.0 Å². The van der Waals surface area contributed by atoms with Crippen LogP contribution in [0.15, 0.2) is 12.3 Å². The molecule has 2 fully saturated rings. The van der Waals surface area contributed by atoms with Crippen molar-refractivity contribution in [1.82, 2.24) is 9.88 Å². The Morgan fingerprint density at radius 1 is 1.25 bits per heavy atom. The number of amides is 2. The van der Waals surface area contributed by atoms with E-state index in [2.05, 4.69) is 10.3 Å². The van der Waals surface area contributed by atoms with Crippen LogP contribution in [0.1, 0.15) is 50.5 Å². The second-order valence-corrected chi connectivity index (χ2v) is 8.11. The Bertz CT molecular complexity index is 716. The van der Waals surface area contributed by atoms with E-state index >= 15 is 0 Å². The number of carbonyl (C=O) groups is 2. The third-order valence-corrected chi connectivity index (χ3v) is 6.22. The number of aliphatic hydroxyl groups excluding tert-OH is 1. The van der Waals surface area contributed by atoms with Crippen LogP contribution in [0.5, 0.6) is 0 Å². The maximum absolute atomic E-state index is 12.9. The van der Waals surface area contributed by atoms with E-state index in [1.54, 1.807) is 17.9 Å². The highest BCUT2D eigenvalue weighted by Gasteiger charge is 2.37. The normalized spacial score (nSPS) is 26.5. The Labute approximate surface area is 165 Å². The van der Waals surface area contributed by atoms with E-state index in [9.17, 15) is 14.7 Å². The van der Waals surface area contributed by atoms with Crippen LogP contribution in [0.4, 0.5) is 11.5 Å². The highest BCUT2D eigenvalue weighted by atomic mass is 16.3. The van der Waals surface area contributed by atoms with Gasteiger partial charge in [-0.3, -0.25) is 9.59 Å². The van der Waals surface area contributed by atoms with Crippen molar-refractivity contribution >= 4 is 23.3 Å². The number of rotatable bonds is 3.